The van der Waals surface area contributed by atoms with Gasteiger partial charge in [-0.25, -0.2) is 4.79 Å². The minimum atomic E-state index is -0.377. The van der Waals surface area contributed by atoms with Crippen LogP contribution in [0.25, 0.3) is 0 Å². The van der Waals surface area contributed by atoms with E-state index in [2.05, 4.69) is 22.5 Å². The number of rotatable bonds is 9. The number of carbonyl (C=O) groups excluding carboxylic acids is 2. The molecule has 0 bridgehead atoms. The molecule has 7 nitrogen and oxygen atoms in total. The Balaban J connectivity index is 1.59. The third kappa shape index (κ3) is 6.87. The summed E-state index contributed by atoms with van der Waals surface area (Å²) in [6.07, 6.45) is 2.52. The Morgan fingerprint density at radius 1 is 0.909 bits per heavy atom. The molecule has 0 atom stereocenters. The number of allylic oxidation sites excluding steroid dienone is 1. The van der Waals surface area contributed by atoms with Crippen molar-refractivity contribution in [1.29, 1.82) is 0 Å². The van der Waals surface area contributed by atoms with E-state index in [1.807, 2.05) is 43.3 Å². The molecule has 3 aromatic rings. The van der Waals surface area contributed by atoms with Gasteiger partial charge in [0.25, 0.3) is 5.91 Å². The monoisotopic (exact) mass is 445 g/mol. The summed E-state index contributed by atoms with van der Waals surface area (Å²) in [5, 5.41) is 8.34. The number of para-hydroxylation sites is 1. The van der Waals surface area contributed by atoms with Crippen LogP contribution in [0.4, 0.5) is 21.9 Å². The van der Waals surface area contributed by atoms with Crippen molar-refractivity contribution in [2.45, 2.75) is 13.3 Å². The molecule has 0 saturated carbocycles. The van der Waals surface area contributed by atoms with E-state index < -0.39 is 0 Å². The second-order valence-electron chi connectivity index (χ2n) is 7.29. The zero-order valence-electron chi connectivity index (χ0n) is 18.7. The zero-order chi connectivity index (χ0) is 23.6. The third-order valence-electron chi connectivity index (χ3n) is 4.77. The number of hydrogen-bond acceptors (Lipinski definition) is 4. The average Bonchev–Trinajstić information content (AvgIpc) is 2.81. The van der Waals surface area contributed by atoms with Gasteiger partial charge in [-0.1, -0.05) is 36.4 Å². The van der Waals surface area contributed by atoms with Gasteiger partial charge < -0.3 is 25.4 Å². The van der Waals surface area contributed by atoms with Crippen LogP contribution in [0.1, 0.15) is 11.1 Å². The fourth-order valence-corrected chi connectivity index (χ4v) is 3.10. The van der Waals surface area contributed by atoms with Crippen molar-refractivity contribution < 1.29 is 19.1 Å². The molecule has 0 unspecified atom stereocenters. The number of urea groups is 1. The molecule has 0 aliphatic carbocycles. The van der Waals surface area contributed by atoms with Crippen LogP contribution in [0.15, 0.2) is 79.4 Å². The summed E-state index contributed by atoms with van der Waals surface area (Å²) in [4.78, 5) is 24.7. The van der Waals surface area contributed by atoms with Crippen LogP contribution in [0.5, 0.6) is 11.5 Å². The number of anilines is 3. The second kappa shape index (κ2) is 11.4. The van der Waals surface area contributed by atoms with Gasteiger partial charge in [0.05, 0.1) is 7.11 Å². The summed E-state index contributed by atoms with van der Waals surface area (Å²) in [7, 11) is 1.55. The first-order chi connectivity index (χ1) is 16.0. The Morgan fingerprint density at radius 2 is 1.67 bits per heavy atom. The molecule has 3 amide bonds. The number of benzene rings is 3. The van der Waals surface area contributed by atoms with Gasteiger partial charge in [-0.05, 0) is 60.9 Å². The lowest BCUT2D eigenvalue weighted by molar-refractivity contribution is -0.118. The molecule has 3 rings (SSSR count). The van der Waals surface area contributed by atoms with E-state index in [9.17, 15) is 9.59 Å². The van der Waals surface area contributed by atoms with Crippen LogP contribution in [0.2, 0.25) is 0 Å². The van der Waals surface area contributed by atoms with Crippen molar-refractivity contribution in [3.8, 4) is 11.5 Å². The normalized spacial score (nSPS) is 10.1. The van der Waals surface area contributed by atoms with Gasteiger partial charge in [0.15, 0.2) is 18.1 Å². The highest BCUT2D eigenvalue weighted by molar-refractivity contribution is 6.00. The average molecular weight is 446 g/mol. The molecule has 0 heterocycles. The standard InChI is InChI=1S/C26H27N3O4/c1-4-8-19-12-14-23(24(15-19)32-3)33-17-25(30)29-22-16-21(13-11-18(22)2)28-26(31)27-20-9-6-5-7-10-20/h4-7,9-16H,1,8,17H2,2-3H3,(H,29,30)(H2,27,28,31). The summed E-state index contributed by atoms with van der Waals surface area (Å²) < 4.78 is 11.0. The Labute approximate surface area is 193 Å². The summed E-state index contributed by atoms with van der Waals surface area (Å²) in [6.45, 7) is 5.40. The number of aryl methyl sites for hydroxylation is 1. The van der Waals surface area contributed by atoms with Gasteiger partial charge in [0.2, 0.25) is 0 Å². The molecule has 0 fully saturated rings. The summed E-state index contributed by atoms with van der Waals surface area (Å²) in [5.41, 5.74) is 3.69. The molecular weight excluding hydrogens is 418 g/mol. The van der Waals surface area contributed by atoms with Crippen molar-refractivity contribution in [1.82, 2.24) is 0 Å². The highest BCUT2D eigenvalue weighted by Gasteiger charge is 2.11. The lowest BCUT2D eigenvalue weighted by Gasteiger charge is -2.14. The lowest BCUT2D eigenvalue weighted by Crippen LogP contribution is -2.22. The van der Waals surface area contributed by atoms with Crippen molar-refractivity contribution in [2.24, 2.45) is 0 Å². The molecule has 170 valence electrons. The van der Waals surface area contributed by atoms with Crippen molar-refractivity contribution in [3.05, 3.63) is 90.5 Å². The molecule has 0 saturated heterocycles. The fraction of sp³-hybridized carbons (Fsp3) is 0.154. The Kier molecular flexibility index (Phi) is 8.07. The molecule has 7 heteroatoms. The molecule has 0 aliphatic rings. The van der Waals surface area contributed by atoms with Crippen molar-refractivity contribution >= 4 is 29.0 Å². The minimum absolute atomic E-state index is 0.192. The molecule has 0 radical (unpaired) electrons. The smallest absolute Gasteiger partial charge is 0.323 e. The highest BCUT2D eigenvalue weighted by Crippen LogP contribution is 2.28. The topological polar surface area (TPSA) is 88.7 Å². The van der Waals surface area contributed by atoms with Crippen LogP contribution >= 0.6 is 0 Å². The molecule has 0 aromatic heterocycles. The Hall–Kier alpha value is -4.26. The van der Waals surface area contributed by atoms with E-state index in [1.54, 1.807) is 43.5 Å². The number of ether oxygens (including phenoxy) is 2. The molecule has 3 N–H and O–H groups in total. The van der Waals surface area contributed by atoms with Gasteiger partial charge in [0.1, 0.15) is 0 Å². The number of nitrogens with one attached hydrogen (secondary N) is 3. The van der Waals surface area contributed by atoms with E-state index in [4.69, 9.17) is 9.47 Å². The van der Waals surface area contributed by atoms with E-state index >= 15 is 0 Å². The van der Waals surface area contributed by atoms with Crippen LogP contribution in [-0.4, -0.2) is 25.7 Å². The maximum atomic E-state index is 12.5. The van der Waals surface area contributed by atoms with Crippen molar-refractivity contribution in [3.63, 3.8) is 0 Å². The predicted molar refractivity (Wildman–Crippen MR) is 131 cm³/mol. The third-order valence-corrected chi connectivity index (χ3v) is 4.77. The highest BCUT2D eigenvalue weighted by atomic mass is 16.5. The van der Waals surface area contributed by atoms with Crippen molar-refractivity contribution in [2.75, 3.05) is 29.7 Å². The van der Waals surface area contributed by atoms with E-state index in [0.29, 0.717) is 35.0 Å². The molecule has 0 spiro atoms. The predicted octanol–water partition coefficient (Wildman–Crippen LogP) is 5.39. The van der Waals surface area contributed by atoms with Gasteiger partial charge >= 0.3 is 6.03 Å². The van der Waals surface area contributed by atoms with E-state index in [0.717, 1.165) is 11.1 Å². The number of carbonyl (C=O) groups is 2. The first kappa shape index (κ1) is 23.4. The van der Waals surface area contributed by atoms with Crippen LogP contribution in [0, 0.1) is 6.92 Å². The number of amides is 3. The zero-order valence-corrected chi connectivity index (χ0v) is 18.7. The first-order valence-electron chi connectivity index (χ1n) is 10.4. The van der Waals surface area contributed by atoms with Crippen LogP contribution < -0.4 is 25.4 Å². The van der Waals surface area contributed by atoms with Gasteiger partial charge in [-0.3, -0.25) is 4.79 Å². The summed E-state index contributed by atoms with van der Waals surface area (Å²) in [5.74, 6) is 0.695. The lowest BCUT2D eigenvalue weighted by atomic mass is 10.1. The fourth-order valence-electron chi connectivity index (χ4n) is 3.10. The summed E-state index contributed by atoms with van der Waals surface area (Å²) >= 11 is 0. The number of methoxy groups -OCH3 is 1. The maximum Gasteiger partial charge on any atom is 0.323 e. The van der Waals surface area contributed by atoms with Crippen LogP contribution in [-0.2, 0) is 11.2 Å². The quantitative estimate of drug-likeness (QED) is 0.385. The van der Waals surface area contributed by atoms with E-state index in [-0.39, 0.29) is 18.5 Å². The van der Waals surface area contributed by atoms with Crippen LogP contribution in [0.3, 0.4) is 0 Å². The molecule has 0 aliphatic heterocycles. The SMILES string of the molecule is C=CCc1ccc(OCC(=O)Nc2cc(NC(=O)Nc3ccccc3)ccc2C)c(OC)c1. The maximum absolute atomic E-state index is 12.5. The van der Waals surface area contributed by atoms with Gasteiger partial charge in [-0.15, -0.1) is 6.58 Å². The van der Waals surface area contributed by atoms with E-state index in [1.165, 1.54) is 0 Å². The Bertz CT molecular complexity index is 1130. The van der Waals surface area contributed by atoms with Gasteiger partial charge in [-0.2, -0.15) is 0 Å². The molecule has 3 aromatic carbocycles. The molecular formula is C26H27N3O4. The minimum Gasteiger partial charge on any atom is -0.493 e. The van der Waals surface area contributed by atoms with Gasteiger partial charge in [0, 0.05) is 17.1 Å². The molecule has 33 heavy (non-hydrogen) atoms. The summed E-state index contributed by atoms with van der Waals surface area (Å²) in [6, 6.07) is 19.6. The number of hydrogen-bond donors (Lipinski definition) is 3. The second-order valence-corrected chi connectivity index (χ2v) is 7.29. The largest absolute Gasteiger partial charge is 0.493 e. The first-order valence-corrected chi connectivity index (χ1v) is 10.4. The Morgan fingerprint density at radius 3 is 2.39 bits per heavy atom.